The van der Waals surface area contributed by atoms with E-state index in [0.717, 1.165) is 28.7 Å². The molecule has 1 nitrogen and oxygen atoms in total. The van der Waals surface area contributed by atoms with Crippen LogP contribution in [-0.2, 0) is 0 Å². The van der Waals surface area contributed by atoms with Crippen LogP contribution in [0.5, 0.6) is 0 Å². The van der Waals surface area contributed by atoms with Crippen LogP contribution < -0.4 is 5.32 Å². The van der Waals surface area contributed by atoms with Crippen molar-refractivity contribution >= 4 is 27.3 Å². The van der Waals surface area contributed by atoms with Crippen LogP contribution in [-0.4, -0.2) is 5.33 Å². The fourth-order valence-electron chi connectivity index (χ4n) is 1.57. The molecule has 0 saturated heterocycles. The monoisotopic (exact) mass is 299 g/mol. The van der Waals surface area contributed by atoms with E-state index in [1.165, 1.54) is 0 Å². The molecule has 0 bridgehead atoms. The summed E-state index contributed by atoms with van der Waals surface area (Å²) in [6.07, 6.45) is 0.871. The van der Waals surface area contributed by atoms with Crippen molar-refractivity contribution in [1.82, 2.24) is 0 Å². The van der Waals surface area contributed by atoms with Crippen molar-refractivity contribution in [1.29, 1.82) is 0 Å². The Morgan fingerprint density at radius 2 is 1.72 bits per heavy atom. The lowest BCUT2D eigenvalue weighted by atomic mass is 10.2. The zero-order valence-electron chi connectivity index (χ0n) is 9.99. The molecule has 0 saturated carbocycles. The zero-order valence-corrected chi connectivity index (χ0v) is 11.6. The molecule has 1 N–H and O–H groups in total. The molecule has 0 amide bonds. The van der Waals surface area contributed by atoms with Crippen LogP contribution in [0.1, 0.15) is 12.0 Å². The number of benzene rings is 2. The average Bonchev–Trinajstić information content (AvgIpc) is 2.41. The number of nitrogens with one attached hydrogen (secondary N) is 1. The van der Waals surface area contributed by atoms with Crippen molar-refractivity contribution in [3.63, 3.8) is 0 Å². The maximum Gasteiger partial charge on any atom is 0.0396 e. The van der Waals surface area contributed by atoms with E-state index < -0.39 is 0 Å². The summed E-state index contributed by atoms with van der Waals surface area (Å²) in [7, 11) is 0. The van der Waals surface area contributed by atoms with E-state index in [9.17, 15) is 0 Å². The number of hydrogen-bond donors (Lipinski definition) is 1. The van der Waals surface area contributed by atoms with E-state index in [1.807, 2.05) is 48.5 Å². The lowest BCUT2D eigenvalue weighted by molar-refractivity contribution is 1.32. The van der Waals surface area contributed by atoms with Gasteiger partial charge in [0.25, 0.3) is 0 Å². The van der Waals surface area contributed by atoms with Gasteiger partial charge in [0.1, 0.15) is 0 Å². The van der Waals surface area contributed by atoms with Gasteiger partial charge in [-0.25, -0.2) is 0 Å². The quantitative estimate of drug-likeness (QED) is 0.647. The summed E-state index contributed by atoms with van der Waals surface area (Å²) in [5, 5.41) is 4.28. The van der Waals surface area contributed by atoms with Gasteiger partial charge in [-0.1, -0.05) is 52.0 Å². The van der Waals surface area contributed by atoms with Crippen LogP contribution in [0.15, 0.2) is 54.6 Å². The highest BCUT2D eigenvalue weighted by atomic mass is 79.9. The van der Waals surface area contributed by atoms with Gasteiger partial charge in [0.05, 0.1) is 0 Å². The van der Waals surface area contributed by atoms with Gasteiger partial charge in [0, 0.05) is 28.7 Å². The molecule has 0 atom stereocenters. The first kappa shape index (κ1) is 12.7. The molecular formula is C16H14BrN. The van der Waals surface area contributed by atoms with Crippen molar-refractivity contribution in [2.45, 2.75) is 6.42 Å². The lowest BCUT2D eigenvalue weighted by Gasteiger charge is -2.06. The number of hydrogen-bond acceptors (Lipinski definition) is 1. The van der Waals surface area contributed by atoms with Crippen LogP contribution in [0, 0.1) is 11.8 Å². The summed E-state index contributed by atoms with van der Waals surface area (Å²) in [5.41, 5.74) is 3.19. The van der Waals surface area contributed by atoms with E-state index in [0.29, 0.717) is 0 Å². The minimum absolute atomic E-state index is 0.871. The maximum atomic E-state index is 3.37. The highest BCUT2D eigenvalue weighted by Gasteiger charge is 1.94. The van der Waals surface area contributed by atoms with E-state index in [-0.39, 0.29) is 0 Å². The molecule has 0 aliphatic heterocycles. The molecule has 0 aliphatic rings. The van der Waals surface area contributed by atoms with Gasteiger partial charge in [-0.05, 0) is 30.3 Å². The summed E-state index contributed by atoms with van der Waals surface area (Å²) in [6, 6.07) is 18.3. The van der Waals surface area contributed by atoms with Crippen molar-refractivity contribution in [3.05, 3.63) is 60.2 Å². The number of alkyl halides is 1. The normalized spacial score (nSPS) is 9.39. The molecule has 0 aliphatic carbocycles. The Hall–Kier alpha value is -1.72. The van der Waals surface area contributed by atoms with Gasteiger partial charge >= 0.3 is 0 Å². The summed E-state index contributed by atoms with van der Waals surface area (Å²) in [5.74, 6) is 6.27. The number of para-hydroxylation sites is 1. The Bertz CT molecular complexity index is 552. The Morgan fingerprint density at radius 3 is 2.50 bits per heavy atom. The van der Waals surface area contributed by atoms with Gasteiger partial charge < -0.3 is 5.32 Å². The van der Waals surface area contributed by atoms with Gasteiger partial charge in [0.15, 0.2) is 0 Å². The minimum atomic E-state index is 0.871. The van der Waals surface area contributed by atoms with E-state index in [1.54, 1.807) is 0 Å². The van der Waals surface area contributed by atoms with Crippen LogP contribution in [0.3, 0.4) is 0 Å². The summed E-state index contributed by atoms with van der Waals surface area (Å²) in [4.78, 5) is 0. The second kappa shape index (κ2) is 6.88. The molecule has 2 rings (SSSR count). The standard InChI is InChI=1S/C16H14BrN/c17-12-5-4-7-14-8-6-11-16(13-14)18-15-9-2-1-3-10-15/h1-3,6,8-11,13,18H,5,12H2. The smallest absolute Gasteiger partial charge is 0.0396 e. The molecular weight excluding hydrogens is 286 g/mol. The molecule has 0 aromatic heterocycles. The predicted octanol–water partition coefficient (Wildman–Crippen LogP) is 4.57. The zero-order chi connectivity index (χ0) is 12.6. The third-order valence-electron chi connectivity index (χ3n) is 2.38. The third kappa shape index (κ3) is 3.94. The molecule has 0 heterocycles. The van der Waals surface area contributed by atoms with Crippen LogP contribution >= 0.6 is 15.9 Å². The SMILES string of the molecule is BrCCC#Cc1cccc(Nc2ccccc2)c1. The molecule has 0 fully saturated rings. The van der Waals surface area contributed by atoms with Gasteiger partial charge in [-0.3, -0.25) is 0 Å². The van der Waals surface area contributed by atoms with Crippen molar-refractivity contribution in [3.8, 4) is 11.8 Å². The highest BCUT2D eigenvalue weighted by Crippen LogP contribution is 2.16. The molecule has 0 spiro atoms. The first-order chi connectivity index (χ1) is 8.88. The van der Waals surface area contributed by atoms with E-state index >= 15 is 0 Å². The fraction of sp³-hybridized carbons (Fsp3) is 0.125. The molecule has 2 aromatic rings. The Labute approximate surface area is 116 Å². The fourth-order valence-corrected chi connectivity index (χ4v) is 1.77. The summed E-state index contributed by atoms with van der Waals surface area (Å²) < 4.78 is 0. The van der Waals surface area contributed by atoms with Gasteiger partial charge in [0.2, 0.25) is 0 Å². The van der Waals surface area contributed by atoms with E-state index in [2.05, 4.69) is 39.2 Å². The average molecular weight is 300 g/mol. The number of rotatable bonds is 3. The van der Waals surface area contributed by atoms with Gasteiger partial charge in [-0.2, -0.15) is 0 Å². The molecule has 2 aromatic carbocycles. The van der Waals surface area contributed by atoms with Crippen LogP contribution in [0.2, 0.25) is 0 Å². The first-order valence-corrected chi connectivity index (χ1v) is 6.97. The van der Waals surface area contributed by atoms with Crippen molar-refractivity contribution in [2.75, 3.05) is 10.6 Å². The van der Waals surface area contributed by atoms with Crippen molar-refractivity contribution < 1.29 is 0 Å². The predicted molar refractivity (Wildman–Crippen MR) is 81.5 cm³/mol. The summed E-state index contributed by atoms with van der Waals surface area (Å²) in [6.45, 7) is 0. The maximum absolute atomic E-state index is 3.37. The molecule has 18 heavy (non-hydrogen) atoms. The molecule has 2 heteroatoms. The molecule has 90 valence electrons. The number of halogens is 1. The topological polar surface area (TPSA) is 12.0 Å². The Kier molecular flexibility index (Phi) is 4.87. The Morgan fingerprint density at radius 1 is 0.944 bits per heavy atom. The first-order valence-electron chi connectivity index (χ1n) is 5.85. The third-order valence-corrected chi connectivity index (χ3v) is 2.77. The minimum Gasteiger partial charge on any atom is -0.355 e. The van der Waals surface area contributed by atoms with Crippen LogP contribution in [0.25, 0.3) is 0 Å². The second-order valence-corrected chi connectivity index (χ2v) is 4.61. The summed E-state index contributed by atoms with van der Waals surface area (Å²) >= 11 is 3.37. The second-order valence-electron chi connectivity index (χ2n) is 3.81. The number of anilines is 2. The highest BCUT2D eigenvalue weighted by molar-refractivity contribution is 9.09. The van der Waals surface area contributed by atoms with Crippen molar-refractivity contribution in [2.24, 2.45) is 0 Å². The lowest BCUT2D eigenvalue weighted by Crippen LogP contribution is -1.89. The largest absolute Gasteiger partial charge is 0.355 e. The van der Waals surface area contributed by atoms with Gasteiger partial charge in [-0.15, -0.1) is 0 Å². The Balaban J connectivity index is 2.11. The molecule has 0 unspecified atom stereocenters. The van der Waals surface area contributed by atoms with E-state index in [4.69, 9.17) is 0 Å². The van der Waals surface area contributed by atoms with Crippen LogP contribution in [0.4, 0.5) is 11.4 Å². The molecule has 0 radical (unpaired) electrons.